The molecule has 4 nitrogen and oxygen atoms in total. The summed E-state index contributed by atoms with van der Waals surface area (Å²) in [4.78, 5) is 8.52. The standard InChI is InChI=1S/C13H21N3O/c1-3-11-7-8-14-12(16-11)15-9-13(2,17)10-5-4-6-10/h7-8,10,17H,3-6,9H2,1-2H3,(H,14,15,16). The highest BCUT2D eigenvalue weighted by molar-refractivity contribution is 5.26. The number of aromatic nitrogens is 2. The minimum Gasteiger partial charge on any atom is -0.388 e. The second-order valence-corrected chi connectivity index (χ2v) is 5.06. The van der Waals surface area contributed by atoms with Crippen molar-refractivity contribution in [2.45, 2.75) is 45.1 Å². The van der Waals surface area contributed by atoms with Gasteiger partial charge in [0.2, 0.25) is 5.95 Å². The first-order valence-electron chi connectivity index (χ1n) is 6.40. The number of aliphatic hydroxyl groups is 1. The van der Waals surface area contributed by atoms with Crippen molar-refractivity contribution >= 4 is 5.95 Å². The molecular formula is C13H21N3O. The maximum Gasteiger partial charge on any atom is 0.222 e. The minimum atomic E-state index is -0.649. The molecular weight excluding hydrogens is 214 g/mol. The first-order chi connectivity index (χ1) is 8.12. The van der Waals surface area contributed by atoms with Crippen LogP contribution in [0.25, 0.3) is 0 Å². The summed E-state index contributed by atoms with van der Waals surface area (Å²) in [5.41, 5.74) is 0.370. The lowest BCUT2D eigenvalue weighted by Gasteiger charge is -2.38. The van der Waals surface area contributed by atoms with Gasteiger partial charge in [-0.15, -0.1) is 0 Å². The lowest BCUT2D eigenvalue weighted by atomic mass is 9.74. The molecule has 2 N–H and O–H groups in total. The molecule has 0 bridgehead atoms. The Hall–Kier alpha value is -1.16. The second kappa shape index (κ2) is 5.00. The van der Waals surface area contributed by atoms with Crippen molar-refractivity contribution < 1.29 is 5.11 Å². The third-order valence-corrected chi connectivity index (χ3v) is 3.66. The highest BCUT2D eigenvalue weighted by Crippen LogP contribution is 2.35. The third kappa shape index (κ3) is 2.94. The van der Waals surface area contributed by atoms with Crippen molar-refractivity contribution in [2.24, 2.45) is 5.92 Å². The van der Waals surface area contributed by atoms with Crippen molar-refractivity contribution in [3.63, 3.8) is 0 Å². The SMILES string of the molecule is CCc1ccnc(NCC(C)(O)C2CCC2)n1. The van der Waals surface area contributed by atoms with Crippen LogP contribution < -0.4 is 5.32 Å². The number of nitrogens with one attached hydrogen (secondary N) is 1. The summed E-state index contributed by atoms with van der Waals surface area (Å²) in [7, 11) is 0. The van der Waals surface area contributed by atoms with E-state index < -0.39 is 5.60 Å². The summed E-state index contributed by atoms with van der Waals surface area (Å²) in [6.07, 6.45) is 6.15. The predicted molar refractivity (Wildman–Crippen MR) is 67.9 cm³/mol. The van der Waals surface area contributed by atoms with E-state index in [1.165, 1.54) is 6.42 Å². The Morgan fingerprint density at radius 2 is 2.29 bits per heavy atom. The van der Waals surface area contributed by atoms with E-state index in [9.17, 15) is 5.11 Å². The Morgan fingerprint density at radius 3 is 2.88 bits per heavy atom. The summed E-state index contributed by atoms with van der Waals surface area (Å²) in [6, 6.07) is 1.91. The normalized spacial score (nSPS) is 19.5. The smallest absolute Gasteiger partial charge is 0.222 e. The molecule has 1 atom stereocenters. The van der Waals surface area contributed by atoms with E-state index in [4.69, 9.17) is 0 Å². The molecule has 1 aromatic heterocycles. The van der Waals surface area contributed by atoms with Gasteiger partial charge in [0.05, 0.1) is 5.60 Å². The van der Waals surface area contributed by atoms with Crippen LogP contribution in [0.1, 0.15) is 38.8 Å². The minimum absolute atomic E-state index is 0.421. The maximum absolute atomic E-state index is 10.3. The molecule has 1 aliphatic carbocycles. The lowest BCUT2D eigenvalue weighted by Crippen LogP contribution is -2.44. The number of nitrogens with zero attached hydrogens (tertiary/aromatic N) is 2. The molecule has 0 aromatic carbocycles. The lowest BCUT2D eigenvalue weighted by molar-refractivity contribution is -0.0231. The van der Waals surface area contributed by atoms with E-state index in [1.54, 1.807) is 6.20 Å². The topological polar surface area (TPSA) is 58.0 Å². The molecule has 94 valence electrons. The van der Waals surface area contributed by atoms with Gasteiger partial charge in [-0.2, -0.15) is 0 Å². The van der Waals surface area contributed by atoms with Crippen LogP contribution in [0.3, 0.4) is 0 Å². The Bertz CT molecular complexity index is 375. The zero-order valence-corrected chi connectivity index (χ0v) is 10.6. The molecule has 1 heterocycles. The number of aryl methyl sites for hydroxylation is 1. The van der Waals surface area contributed by atoms with Crippen LogP contribution in [0.5, 0.6) is 0 Å². The van der Waals surface area contributed by atoms with E-state index in [0.717, 1.165) is 25.0 Å². The van der Waals surface area contributed by atoms with Gasteiger partial charge in [0.25, 0.3) is 0 Å². The van der Waals surface area contributed by atoms with Crippen LogP contribution in [0.2, 0.25) is 0 Å². The van der Waals surface area contributed by atoms with Gasteiger partial charge in [0, 0.05) is 18.4 Å². The Kier molecular flexibility index (Phi) is 3.62. The number of hydrogen-bond donors (Lipinski definition) is 2. The second-order valence-electron chi connectivity index (χ2n) is 5.06. The van der Waals surface area contributed by atoms with E-state index in [1.807, 2.05) is 13.0 Å². The monoisotopic (exact) mass is 235 g/mol. The average Bonchev–Trinajstić information content (AvgIpc) is 2.24. The molecule has 0 saturated heterocycles. The molecule has 1 saturated carbocycles. The summed E-state index contributed by atoms with van der Waals surface area (Å²) < 4.78 is 0. The van der Waals surface area contributed by atoms with Crippen LogP contribution in [0.4, 0.5) is 5.95 Å². The maximum atomic E-state index is 10.3. The van der Waals surface area contributed by atoms with Crippen LogP contribution in [-0.2, 0) is 6.42 Å². The van der Waals surface area contributed by atoms with Crippen LogP contribution in [0, 0.1) is 5.92 Å². The Morgan fingerprint density at radius 1 is 1.53 bits per heavy atom. The van der Waals surface area contributed by atoms with Crippen molar-refractivity contribution in [3.05, 3.63) is 18.0 Å². The fraction of sp³-hybridized carbons (Fsp3) is 0.692. The Labute approximate surface area is 102 Å². The molecule has 0 spiro atoms. The number of anilines is 1. The quantitative estimate of drug-likeness (QED) is 0.819. The molecule has 1 unspecified atom stereocenters. The zero-order valence-electron chi connectivity index (χ0n) is 10.6. The fourth-order valence-electron chi connectivity index (χ4n) is 2.11. The van der Waals surface area contributed by atoms with E-state index >= 15 is 0 Å². The average molecular weight is 235 g/mol. The van der Waals surface area contributed by atoms with Crippen LogP contribution in [0.15, 0.2) is 12.3 Å². The van der Waals surface area contributed by atoms with Gasteiger partial charge in [-0.3, -0.25) is 0 Å². The van der Waals surface area contributed by atoms with Crippen LogP contribution >= 0.6 is 0 Å². The van der Waals surface area contributed by atoms with Crippen molar-refractivity contribution in [2.75, 3.05) is 11.9 Å². The molecule has 0 amide bonds. The first kappa shape index (κ1) is 12.3. The molecule has 4 heteroatoms. The molecule has 2 rings (SSSR count). The summed E-state index contributed by atoms with van der Waals surface area (Å²) in [6.45, 7) is 4.48. The van der Waals surface area contributed by atoms with E-state index in [-0.39, 0.29) is 0 Å². The molecule has 1 aromatic rings. The molecule has 0 aliphatic heterocycles. The van der Waals surface area contributed by atoms with Crippen molar-refractivity contribution in [1.29, 1.82) is 0 Å². The van der Waals surface area contributed by atoms with Gasteiger partial charge >= 0.3 is 0 Å². The summed E-state index contributed by atoms with van der Waals surface area (Å²) >= 11 is 0. The zero-order chi connectivity index (χ0) is 12.3. The summed E-state index contributed by atoms with van der Waals surface area (Å²) in [5.74, 6) is 1.04. The van der Waals surface area contributed by atoms with E-state index in [0.29, 0.717) is 18.4 Å². The highest BCUT2D eigenvalue weighted by Gasteiger charge is 2.35. The van der Waals surface area contributed by atoms with Gasteiger partial charge in [0.1, 0.15) is 0 Å². The molecule has 0 radical (unpaired) electrons. The van der Waals surface area contributed by atoms with Crippen molar-refractivity contribution in [3.8, 4) is 0 Å². The van der Waals surface area contributed by atoms with Gasteiger partial charge in [-0.05, 0) is 38.2 Å². The van der Waals surface area contributed by atoms with Crippen molar-refractivity contribution in [1.82, 2.24) is 9.97 Å². The van der Waals surface area contributed by atoms with Gasteiger partial charge in [-0.1, -0.05) is 13.3 Å². The van der Waals surface area contributed by atoms with Crippen LogP contribution in [-0.4, -0.2) is 27.2 Å². The third-order valence-electron chi connectivity index (χ3n) is 3.66. The largest absolute Gasteiger partial charge is 0.388 e. The van der Waals surface area contributed by atoms with Gasteiger partial charge in [-0.25, -0.2) is 9.97 Å². The van der Waals surface area contributed by atoms with E-state index in [2.05, 4.69) is 22.2 Å². The highest BCUT2D eigenvalue weighted by atomic mass is 16.3. The fourth-order valence-corrected chi connectivity index (χ4v) is 2.11. The molecule has 17 heavy (non-hydrogen) atoms. The predicted octanol–water partition coefficient (Wildman–Crippen LogP) is 2.00. The number of hydrogen-bond acceptors (Lipinski definition) is 4. The molecule has 1 fully saturated rings. The Balaban J connectivity index is 1.92. The number of rotatable bonds is 5. The first-order valence-corrected chi connectivity index (χ1v) is 6.40. The van der Waals surface area contributed by atoms with Gasteiger partial charge in [0.15, 0.2) is 0 Å². The summed E-state index contributed by atoms with van der Waals surface area (Å²) in [5, 5.41) is 13.4. The van der Waals surface area contributed by atoms with Gasteiger partial charge < -0.3 is 10.4 Å². The molecule has 1 aliphatic rings.